The largest absolute Gasteiger partial charge is 0.444 e. The minimum Gasteiger partial charge on any atom is -0.444 e. The Morgan fingerprint density at radius 1 is 1.47 bits per heavy atom. The first kappa shape index (κ1) is 14.7. The van der Waals surface area contributed by atoms with Crippen molar-refractivity contribution in [1.82, 2.24) is 5.32 Å². The Morgan fingerprint density at radius 2 is 2.07 bits per heavy atom. The van der Waals surface area contributed by atoms with Crippen molar-refractivity contribution in [2.45, 2.75) is 39.7 Å². The molecule has 0 rings (SSSR count). The normalized spacial score (nSPS) is 10.9. The van der Waals surface area contributed by atoms with Crippen molar-refractivity contribution >= 4 is 34.3 Å². The molecule has 0 saturated heterocycles. The topological polar surface area (TPSA) is 38.3 Å². The van der Waals surface area contributed by atoms with Crippen molar-refractivity contribution in [2.75, 3.05) is 12.3 Å². The summed E-state index contributed by atoms with van der Waals surface area (Å²) < 4.78 is 6.00. The molecule has 0 heterocycles. The van der Waals surface area contributed by atoms with Crippen LogP contribution in [0.3, 0.4) is 0 Å². The summed E-state index contributed by atoms with van der Waals surface area (Å²) in [5.74, 6) is 0.977. The molecule has 0 spiro atoms. The lowest BCUT2D eigenvalue weighted by Crippen LogP contribution is -2.33. The van der Waals surface area contributed by atoms with Gasteiger partial charge in [-0.25, -0.2) is 4.79 Å². The second kappa shape index (κ2) is 7.06. The molecule has 0 radical (unpaired) electrons. The van der Waals surface area contributed by atoms with Crippen LogP contribution in [0.25, 0.3) is 0 Å². The van der Waals surface area contributed by atoms with Gasteiger partial charge in [0.15, 0.2) is 0 Å². The summed E-state index contributed by atoms with van der Waals surface area (Å²) in [6, 6.07) is 0. The first-order chi connectivity index (χ1) is 6.85. The molecule has 5 heteroatoms. The highest BCUT2D eigenvalue weighted by Crippen LogP contribution is 2.08. The Bertz CT molecular complexity index is 224. The van der Waals surface area contributed by atoms with Gasteiger partial charge in [-0.2, -0.15) is 0 Å². The second-order valence-corrected chi connectivity index (χ2v) is 6.09. The average Bonchev–Trinajstić information content (AvgIpc) is 2.00. The third kappa shape index (κ3) is 10.0. The lowest BCUT2D eigenvalue weighted by Gasteiger charge is -2.19. The molecule has 1 N–H and O–H groups in total. The summed E-state index contributed by atoms with van der Waals surface area (Å²) in [7, 11) is 0. The van der Waals surface area contributed by atoms with E-state index in [0.717, 1.165) is 9.95 Å². The molecule has 1 amide bonds. The minimum absolute atomic E-state index is 0.383. The molecule has 0 aliphatic heterocycles. The molecule has 0 aliphatic rings. The summed E-state index contributed by atoms with van der Waals surface area (Å²) in [6.45, 7) is 8.11. The maximum atomic E-state index is 11.2. The van der Waals surface area contributed by atoms with Gasteiger partial charge in [-0.05, 0) is 26.5 Å². The fraction of sp³-hybridized carbons (Fsp3) is 0.800. The summed E-state index contributed by atoms with van der Waals surface area (Å²) >= 11 is 6.72. The Balaban J connectivity index is 3.60. The van der Waals surface area contributed by atoms with E-state index in [-0.39, 0.29) is 6.09 Å². The van der Waals surface area contributed by atoms with E-state index in [2.05, 4.69) is 12.2 Å². The van der Waals surface area contributed by atoms with Crippen LogP contribution in [0.4, 0.5) is 4.79 Å². The quantitative estimate of drug-likeness (QED) is 0.777. The third-order valence-corrected chi connectivity index (χ3v) is 2.68. The van der Waals surface area contributed by atoms with E-state index in [4.69, 9.17) is 17.0 Å². The van der Waals surface area contributed by atoms with Crippen molar-refractivity contribution in [3.8, 4) is 0 Å². The van der Waals surface area contributed by atoms with E-state index in [1.165, 1.54) is 0 Å². The highest BCUT2D eigenvalue weighted by molar-refractivity contribution is 8.23. The van der Waals surface area contributed by atoms with Crippen molar-refractivity contribution in [3.05, 3.63) is 0 Å². The molecule has 88 valence electrons. The number of carbonyl (C=O) groups is 1. The predicted molar refractivity (Wildman–Crippen MR) is 69.6 cm³/mol. The number of thiocarbonyl (C=S) groups is 1. The molecule has 0 saturated carbocycles. The Kier molecular flexibility index (Phi) is 6.92. The number of nitrogens with one attached hydrogen (secondary N) is 1. The molecule has 0 aromatic carbocycles. The van der Waals surface area contributed by atoms with Gasteiger partial charge in [0, 0.05) is 17.2 Å². The average molecular weight is 249 g/mol. The molecule has 0 fully saturated rings. The van der Waals surface area contributed by atoms with Crippen molar-refractivity contribution in [3.63, 3.8) is 0 Å². The van der Waals surface area contributed by atoms with Gasteiger partial charge < -0.3 is 10.1 Å². The van der Waals surface area contributed by atoms with Gasteiger partial charge >= 0.3 is 6.09 Å². The highest BCUT2D eigenvalue weighted by atomic mass is 32.2. The van der Waals surface area contributed by atoms with Crippen LogP contribution in [-0.4, -0.2) is 28.2 Å². The molecule has 0 atom stereocenters. The maximum absolute atomic E-state index is 11.2. The van der Waals surface area contributed by atoms with E-state index >= 15 is 0 Å². The van der Waals surface area contributed by atoms with Crippen LogP contribution in [0.5, 0.6) is 0 Å². The first-order valence-electron chi connectivity index (χ1n) is 4.97. The van der Waals surface area contributed by atoms with Gasteiger partial charge in [-0.15, -0.1) is 11.8 Å². The molecule has 3 nitrogen and oxygen atoms in total. The van der Waals surface area contributed by atoms with Crippen LogP contribution in [0.2, 0.25) is 0 Å². The zero-order valence-corrected chi connectivity index (χ0v) is 11.4. The molecule has 0 unspecified atom stereocenters. The summed E-state index contributed by atoms with van der Waals surface area (Å²) in [5, 5.41) is 2.67. The zero-order chi connectivity index (χ0) is 11.9. The minimum atomic E-state index is -0.442. The molecule has 15 heavy (non-hydrogen) atoms. The maximum Gasteiger partial charge on any atom is 0.407 e. The van der Waals surface area contributed by atoms with Gasteiger partial charge in [-0.1, -0.05) is 19.1 Å². The standard InChI is InChI=1S/C10H19NO2S2/c1-5-15-8(14)6-7-11-9(12)13-10(2,3)4/h5-7H2,1-4H3,(H,11,12). The summed E-state index contributed by atoms with van der Waals surface area (Å²) in [6.07, 6.45) is 0.333. The van der Waals surface area contributed by atoms with Gasteiger partial charge in [0.05, 0.1) is 0 Å². The second-order valence-electron chi connectivity index (χ2n) is 3.98. The van der Waals surface area contributed by atoms with Gasteiger partial charge in [0.1, 0.15) is 5.60 Å². The number of rotatable bonds is 4. The van der Waals surface area contributed by atoms with E-state index in [1.807, 2.05) is 20.8 Å². The Hall–Kier alpha value is -0.290. The van der Waals surface area contributed by atoms with E-state index in [0.29, 0.717) is 13.0 Å². The number of ether oxygens (including phenoxy) is 1. The number of alkyl carbamates (subject to hydrolysis) is 1. The van der Waals surface area contributed by atoms with Crippen LogP contribution in [0.1, 0.15) is 34.1 Å². The molecule has 0 aliphatic carbocycles. The number of amides is 1. The Morgan fingerprint density at radius 3 is 2.53 bits per heavy atom. The molecular formula is C10H19NO2S2. The van der Waals surface area contributed by atoms with Gasteiger partial charge in [0.25, 0.3) is 0 Å². The molecule has 0 aromatic rings. The lowest BCUT2D eigenvalue weighted by molar-refractivity contribution is 0.0529. The number of thioether (sulfide) groups is 1. The van der Waals surface area contributed by atoms with Crippen LogP contribution in [0.15, 0.2) is 0 Å². The van der Waals surface area contributed by atoms with E-state index in [9.17, 15) is 4.79 Å². The molecule has 0 aromatic heterocycles. The SMILES string of the molecule is CCSC(=S)CCNC(=O)OC(C)(C)C. The predicted octanol–water partition coefficient (Wildman–Crippen LogP) is 2.98. The smallest absolute Gasteiger partial charge is 0.407 e. The molecular weight excluding hydrogens is 230 g/mol. The fourth-order valence-electron chi connectivity index (χ4n) is 0.814. The highest BCUT2D eigenvalue weighted by Gasteiger charge is 2.15. The number of hydrogen-bond donors (Lipinski definition) is 1. The van der Waals surface area contributed by atoms with Crippen LogP contribution >= 0.6 is 24.0 Å². The zero-order valence-electron chi connectivity index (χ0n) is 9.75. The summed E-state index contributed by atoms with van der Waals surface area (Å²) in [4.78, 5) is 11.2. The number of carbonyl (C=O) groups excluding carboxylic acids is 1. The van der Waals surface area contributed by atoms with Gasteiger partial charge in [0.2, 0.25) is 0 Å². The van der Waals surface area contributed by atoms with Gasteiger partial charge in [-0.3, -0.25) is 0 Å². The van der Waals surface area contributed by atoms with Crippen LogP contribution in [-0.2, 0) is 4.74 Å². The molecule has 0 bridgehead atoms. The van der Waals surface area contributed by atoms with Crippen LogP contribution in [0, 0.1) is 0 Å². The van der Waals surface area contributed by atoms with Crippen molar-refractivity contribution in [1.29, 1.82) is 0 Å². The lowest BCUT2D eigenvalue weighted by atomic mass is 10.2. The van der Waals surface area contributed by atoms with Crippen LogP contribution < -0.4 is 5.32 Å². The van der Waals surface area contributed by atoms with Crippen molar-refractivity contribution in [2.24, 2.45) is 0 Å². The number of hydrogen-bond acceptors (Lipinski definition) is 4. The van der Waals surface area contributed by atoms with Crippen molar-refractivity contribution < 1.29 is 9.53 Å². The van der Waals surface area contributed by atoms with E-state index in [1.54, 1.807) is 11.8 Å². The van der Waals surface area contributed by atoms with E-state index < -0.39 is 5.60 Å². The summed E-state index contributed by atoms with van der Waals surface area (Å²) in [5.41, 5.74) is -0.442. The fourth-order valence-corrected chi connectivity index (χ4v) is 1.84. The Labute approximate surface area is 101 Å². The monoisotopic (exact) mass is 249 g/mol. The first-order valence-corrected chi connectivity index (χ1v) is 6.37. The third-order valence-electron chi connectivity index (χ3n) is 1.30.